The van der Waals surface area contributed by atoms with Gasteiger partial charge in [0.15, 0.2) is 10.3 Å². The summed E-state index contributed by atoms with van der Waals surface area (Å²) in [6.45, 7) is 4.19. The lowest BCUT2D eigenvalue weighted by Crippen LogP contribution is -2.29. The summed E-state index contributed by atoms with van der Waals surface area (Å²) >= 11 is 2.75. The predicted octanol–water partition coefficient (Wildman–Crippen LogP) is 4.25. The Labute approximate surface area is 194 Å². The summed E-state index contributed by atoms with van der Waals surface area (Å²) in [5.74, 6) is -0.225. The Morgan fingerprint density at radius 3 is 2.47 bits per heavy atom. The maximum absolute atomic E-state index is 12.5. The average Bonchev–Trinajstić information content (AvgIpc) is 3.41. The molecule has 2 aromatic carbocycles. The van der Waals surface area contributed by atoms with Crippen molar-refractivity contribution in [3.05, 3.63) is 59.1 Å². The minimum atomic E-state index is -3.73. The highest BCUT2D eigenvalue weighted by Crippen LogP contribution is 2.32. The Hall–Kier alpha value is -3.02. The number of hydrogen-bond donors (Lipinski definition) is 2. The Morgan fingerprint density at radius 1 is 1.09 bits per heavy atom. The van der Waals surface area contributed by atoms with Gasteiger partial charge in [0.25, 0.3) is 10.0 Å². The van der Waals surface area contributed by atoms with E-state index in [1.54, 1.807) is 33.7 Å². The van der Waals surface area contributed by atoms with Crippen LogP contribution >= 0.6 is 22.7 Å². The van der Waals surface area contributed by atoms with Crippen LogP contribution in [0.5, 0.6) is 0 Å². The lowest BCUT2D eigenvalue weighted by atomic mass is 10.1. The first-order valence-electron chi connectivity index (χ1n) is 9.63. The van der Waals surface area contributed by atoms with Gasteiger partial charge in [-0.1, -0.05) is 23.5 Å². The van der Waals surface area contributed by atoms with Crippen LogP contribution in [0.4, 0.5) is 16.0 Å². The number of nitrogens with one attached hydrogen (secondary N) is 2. The quantitative estimate of drug-likeness (QED) is 0.404. The number of amides is 1. The van der Waals surface area contributed by atoms with Crippen LogP contribution < -0.4 is 14.9 Å². The lowest BCUT2D eigenvalue weighted by Gasteiger charge is -2.15. The van der Waals surface area contributed by atoms with E-state index in [-0.39, 0.29) is 17.3 Å². The molecule has 0 aliphatic heterocycles. The molecule has 32 heavy (non-hydrogen) atoms. The summed E-state index contributed by atoms with van der Waals surface area (Å²) in [5, 5.41) is 5.54. The van der Waals surface area contributed by atoms with Crippen LogP contribution in [0.15, 0.2) is 52.9 Å². The van der Waals surface area contributed by atoms with E-state index in [0.29, 0.717) is 10.8 Å². The van der Waals surface area contributed by atoms with Crippen molar-refractivity contribution in [3.63, 3.8) is 0 Å². The lowest BCUT2D eigenvalue weighted by molar-refractivity contribution is -0.114. The molecule has 1 amide bonds. The van der Waals surface area contributed by atoms with Crippen LogP contribution in [0.1, 0.15) is 11.1 Å². The maximum atomic E-state index is 12.5. The van der Waals surface area contributed by atoms with Crippen LogP contribution in [-0.2, 0) is 14.8 Å². The molecule has 0 spiro atoms. The topological polar surface area (TPSA) is 104 Å². The number of carbonyl (C=O) groups excluding carboxylic acids is 1. The van der Waals surface area contributed by atoms with E-state index < -0.39 is 10.0 Å². The highest BCUT2D eigenvalue weighted by atomic mass is 32.2. The third-order valence-corrected chi connectivity index (χ3v) is 8.22. The number of aryl methyl sites for hydroxylation is 2. The SMILES string of the molecule is Cc1ccc(C)c2sc(N(C)CC(=O)Nc3ccc(S(=O)(=O)Nc4nccs4)cc3)nc12. The molecule has 166 valence electrons. The molecule has 8 nitrogen and oxygen atoms in total. The van der Waals surface area contributed by atoms with Gasteiger partial charge in [-0.25, -0.2) is 18.4 Å². The van der Waals surface area contributed by atoms with Crippen LogP contribution in [-0.4, -0.2) is 37.9 Å². The molecule has 0 unspecified atom stereocenters. The van der Waals surface area contributed by atoms with E-state index in [1.807, 2.05) is 27.0 Å². The highest BCUT2D eigenvalue weighted by molar-refractivity contribution is 7.93. The zero-order valence-corrected chi connectivity index (χ0v) is 20.1. The molecule has 2 heterocycles. The summed E-state index contributed by atoms with van der Waals surface area (Å²) < 4.78 is 28.4. The fraction of sp³-hybridized carbons (Fsp3) is 0.190. The first-order valence-corrected chi connectivity index (χ1v) is 12.8. The molecule has 0 fully saturated rings. The van der Waals surface area contributed by atoms with Gasteiger partial charge in [-0.15, -0.1) is 11.3 Å². The summed E-state index contributed by atoms with van der Waals surface area (Å²) in [4.78, 5) is 23.0. The molecular weight excluding hydrogens is 466 g/mol. The van der Waals surface area contributed by atoms with Gasteiger partial charge in [0, 0.05) is 24.3 Å². The van der Waals surface area contributed by atoms with Gasteiger partial charge in [0.05, 0.1) is 21.7 Å². The largest absolute Gasteiger partial charge is 0.342 e. The third kappa shape index (κ3) is 4.74. The normalized spacial score (nSPS) is 11.5. The van der Waals surface area contributed by atoms with Crippen LogP contribution in [0, 0.1) is 13.8 Å². The minimum Gasteiger partial charge on any atom is -0.342 e. The van der Waals surface area contributed by atoms with Gasteiger partial charge < -0.3 is 10.2 Å². The number of rotatable bonds is 7. The van der Waals surface area contributed by atoms with Crippen molar-refractivity contribution in [2.75, 3.05) is 28.5 Å². The van der Waals surface area contributed by atoms with Crippen molar-refractivity contribution in [2.45, 2.75) is 18.7 Å². The summed E-state index contributed by atoms with van der Waals surface area (Å²) in [7, 11) is -1.91. The van der Waals surface area contributed by atoms with E-state index >= 15 is 0 Å². The van der Waals surface area contributed by atoms with Crippen molar-refractivity contribution in [3.8, 4) is 0 Å². The van der Waals surface area contributed by atoms with Crippen molar-refractivity contribution in [1.29, 1.82) is 0 Å². The fourth-order valence-corrected chi connectivity index (χ4v) is 5.92. The molecule has 0 aliphatic rings. The average molecular weight is 488 g/mol. The number of hydrogen-bond acceptors (Lipinski definition) is 8. The van der Waals surface area contributed by atoms with E-state index in [0.717, 1.165) is 26.5 Å². The number of carbonyl (C=O) groups is 1. The molecular formula is C21H21N5O3S3. The zero-order chi connectivity index (χ0) is 22.9. The van der Waals surface area contributed by atoms with Crippen molar-refractivity contribution in [1.82, 2.24) is 9.97 Å². The number of thiazole rings is 2. The molecule has 0 radical (unpaired) electrons. The summed E-state index contributed by atoms with van der Waals surface area (Å²) in [6, 6.07) is 10.1. The zero-order valence-electron chi connectivity index (χ0n) is 17.6. The number of anilines is 3. The second kappa shape index (κ2) is 8.85. The van der Waals surface area contributed by atoms with Gasteiger partial charge >= 0.3 is 0 Å². The van der Waals surface area contributed by atoms with Crippen LogP contribution in [0.25, 0.3) is 10.2 Å². The van der Waals surface area contributed by atoms with Crippen molar-refractivity contribution < 1.29 is 13.2 Å². The summed E-state index contributed by atoms with van der Waals surface area (Å²) in [5.41, 5.74) is 3.73. The van der Waals surface area contributed by atoms with Crippen molar-refractivity contribution >= 4 is 64.8 Å². The number of likely N-dealkylation sites (N-methyl/N-ethyl adjacent to an activating group) is 1. The van der Waals surface area contributed by atoms with Crippen LogP contribution in [0.3, 0.4) is 0 Å². The second-order valence-electron chi connectivity index (χ2n) is 7.24. The molecule has 0 saturated heterocycles. The molecule has 0 aliphatic carbocycles. The summed E-state index contributed by atoms with van der Waals surface area (Å²) in [6.07, 6.45) is 1.52. The number of nitrogens with zero attached hydrogens (tertiary/aromatic N) is 3. The Bertz CT molecular complexity index is 1320. The Balaban J connectivity index is 1.41. The second-order valence-corrected chi connectivity index (χ2v) is 10.8. The molecule has 11 heteroatoms. The van der Waals surface area contributed by atoms with Gasteiger partial charge in [-0.2, -0.15) is 0 Å². The van der Waals surface area contributed by atoms with Gasteiger partial charge in [-0.3, -0.25) is 9.52 Å². The minimum absolute atomic E-state index is 0.0861. The van der Waals surface area contributed by atoms with Crippen LogP contribution in [0.2, 0.25) is 0 Å². The Morgan fingerprint density at radius 2 is 1.81 bits per heavy atom. The van der Waals surface area contributed by atoms with Gasteiger partial charge in [-0.05, 0) is 49.2 Å². The first kappa shape index (κ1) is 22.2. The third-order valence-electron chi connectivity index (χ3n) is 4.74. The number of benzene rings is 2. The molecule has 0 saturated carbocycles. The first-order chi connectivity index (χ1) is 15.2. The number of fused-ring (bicyclic) bond motifs is 1. The molecule has 0 atom stereocenters. The monoisotopic (exact) mass is 487 g/mol. The molecule has 2 N–H and O–H groups in total. The maximum Gasteiger partial charge on any atom is 0.263 e. The van der Waals surface area contributed by atoms with E-state index in [1.165, 1.54) is 29.7 Å². The molecule has 4 aromatic rings. The van der Waals surface area contributed by atoms with Gasteiger partial charge in [0.2, 0.25) is 5.91 Å². The Kier molecular flexibility index (Phi) is 6.13. The fourth-order valence-electron chi connectivity index (χ4n) is 3.06. The standard InChI is InChI=1S/C21H21N5O3S3/c1-13-4-5-14(2)19-18(13)24-21(31-19)26(3)12-17(27)23-15-6-8-16(9-7-15)32(28,29)25-20-22-10-11-30-20/h4-11H,12H2,1-3H3,(H,22,25)(H,23,27). The number of aromatic nitrogens is 2. The highest BCUT2D eigenvalue weighted by Gasteiger charge is 2.17. The molecule has 2 aromatic heterocycles. The smallest absolute Gasteiger partial charge is 0.263 e. The molecule has 0 bridgehead atoms. The number of sulfonamides is 1. The predicted molar refractivity (Wildman–Crippen MR) is 130 cm³/mol. The van der Waals surface area contributed by atoms with E-state index in [9.17, 15) is 13.2 Å². The van der Waals surface area contributed by atoms with Crippen molar-refractivity contribution in [2.24, 2.45) is 0 Å². The molecule has 4 rings (SSSR count). The van der Waals surface area contributed by atoms with Gasteiger partial charge in [0.1, 0.15) is 0 Å². The van der Waals surface area contributed by atoms with E-state index in [2.05, 4.69) is 26.1 Å². The van der Waals surface area contributed by atoms with E-state index in [4.69, 9.17) is 0 Å².